The van der Waals surface area contributed by atoms with E-state index in [9.17, 15) is 9.59 Å². The van der Waals surface area contributed by atoms with Crippen molar-refractivity contribution in [2.45, 2.75) is 20.3 Å². The maximum atomic E-state index is 12.1. The van der Waals surface area contributed by atoms with E-state index in [1.807, 2.05) is 12.1 Å². The summed E-state index contributed by atoms with van der Waals surface area (Å²) in [4.78, 5) is 23.8. The van der Waals surface area contributed by atoms with E-state index >= 15 is 0 Å². The monoisotopic (exact) mass is 434 g/mol. The van der Waals surface area contributed by atoms with Crippen LogP contribution in [-0.4, -0.2) is 25.0 Å². The number of amides is 2. The van der Waals surface area contributed by atoms with Crippen molar-refractivity contribution < 1.29 is 19.1 Å². The van der Waals surface area contributed by atoms with Crippen LogP contribution in [0.25, 0.3) is 0 Å². The molecule has 0 heterocycles. The van der Waals surface area contributed by atoms with Gasteiger partial charge in [-0.05, 0) is 60.9 Å². The fraction of sp³-hybridized carbons (Fsp3) is 0.300. The number of hydrogen-bond donors (Lipinski definition) is 2. The molecule has 0 aromatic heterocycles. The molecule has 0 spiro atoms. The van der Waals surface area contributed by atoms with Gasteiger partial charge in [0.25, 0.3) is 11.8 Å². The van der Waals surface area contributed by atoms with E-state index in [0.29, 0.717) is 29.6 Å². The number of rotatable bonds is 8. The summed E-state index contributed by atoms with van der Waals surface area (Å²) in [7, 11) is 0. The highest BCUT2D eigenvalue weighted by molar-refractivity contribution is 9.10. The molecule has 0 unspecified atom stereocenters. The Hall–Kier alpha value is -2.54. The lowest BCUT2D eigenvalue weighted by molar-refractivity contribution is -0.123. The highest BCUT2D eigenvalue weighted by Crippen LogP contribution is 2.16. The fourth-order valence-corrected chi connectivity index (χ4v) is 2.29. The molecule has 6 nitrogen and oxygen atoms in total. The van der Waals surface area contributed by atoms with E-state index in [2.05, 4.69) is 40.6 Å². The molecule has 0 atom stereocenters. The molecule has 0 saturated heterocycles. The Kier molecular flexibility index (Phi) is 8.13. The van der Waals surface area contributed by atoms with Gasteiger partial charge < -0.3 is 9.47 Å². The van der Waals surface area contributed by atoms with Crippen molar-refractivity contribution in [2.75, 3.05) is 13.2 Å². The second kappa shape index (κ2) is 10.6. The van der Waals surface area contributed by atoms with Crippen LogP contribution < -0.4 is 20.3 Å². The Bertz CT molecular complexity index is 746. The molecular formula is C20H23BrN2O4. The topological polar surface area (TPSA) is 76.7 Å². The predicted molar refractivity (Wildman–Crippen MR) is 107 cm³/mol. The molecule has 2 amide bonds. The molecule has 0 radical (unpaired) electrons. The Balaban J connectivity index is 1.72. The van der Waals surface area contributed by atoms with Crippen LogP contribution in [0.1, 0.15) is 30.6 Å². The lowest BCUT2D eigenvalue weighted by atomic mass is 10.1. The smallest absolute Gasteiger partial charge is 0.276 e. The van der Waals surface area contributed by atoms with Gasteiger partial charge in [0.2, 0.25) is 0 Å². The molecule has 2 aromatic rings. The van der Waals surface area contributed by atoms with E-state index in [1.54, 1.807) is 36.4 Å². The highest BCUT2D eigenvalue weighted by Gasteiger charge is 2.08. The maximum Gasteiger partial charge on any atom is 0.276 e. The number of carbonyl (C=O) groups is 2. The number of ether oxygens (including phenoxy) is 2. The van der Waals surface area contributed by atoms with Gasteiger partial charge in [-0.3, -0.25) is 20.4 Å². The summed E-state index contributed by atoms with van der Waals surface area (Å²) in [6.45, 7) is 4.70. The lowest BCUT2D eigenvalue weighted by Crippen LogP contribution is -2.43. The van der Waals surface area contributed by atoms with Crippen LogP contribution >= 0.6 is 15.9 Å². The van der Waals surface area contributed by atoms with Gasteiger partial charge in [0.15, 0.2) is 6.61 Å². The summed E-state index contributed by atoms with van der Waals surface area (Å²) < 4.78 is 11.9. The van der Waals surface area contributed by atoms with Gasteiger partial charge in [-0.2, -0.15) is 0 Å². The van der Waals surface area contributed by atoms with Crippen LogP contribution in [0.3, 0.4) is 0 Å². The summed E-state index contributed by atoms with van der Waals surface area (Å²) in [5.41, 5.74) is 5.09. The maximum absolute atomic E-state index is 12.1. The van der Waals surface area contributed by atoms with Gasteiger partial charge in [0.1, 0.15) is 11.5 Å². The standard InChI is InChI=1S/C20H23BrN2O4/c1-14(2)11-12-26-17-7-3-15(4-8-17)20(25)23-22-19(24)13-27-18-9-5-16(21)6-10-18/h3-10,14H,11-13H2,1-2H3,(H,22,24)(H,23,25). The van der Waals surface area contributed by atoms with Crippen molar-refractivity contribution in [1.82, 2.24) is 10.9 Å². The summed E-state index contributed by atoms with van der Waals surface area (Å²) >= 11 is 3.32. The largest absolute Gasteiger partial charge is 0.494 e. The molecule has 2 aromatic carbocycles. The first-order chi connectivity index (χ1) is 12.9. The van der Waals surface area contributed by atoms with Crippen molar-refractivity contribution in [1.29, 1.82) is 0 Å². The van der Waals surface area contributed by atoms with E-state index < -0.39 is 11.8 Å². The number of nitrogens with one attached hydrogen (secondary N) is 2. The molecule has 0 bridgehead atoms. The average molecular weight is 435 g/mol. The Morgan fingerprint density at radius 3 is 2.15 bits per heavy atom. The zero-order valence-electron chi connectivity index (χ0n) is 15.3. The van der Waals surface area contributed by atoms with Crippen LogP contribution in [0.2, 0.25) is 0 Å². The van der Waals surface area contributed by atoms with Crippen LogP contribution in [0.5, 0.6) is 11.5 Å². The number of carbonyl (C=O) groups excluding carboxylic acids is 2. The molecule has 0 saturated carbocycles. The minimum atomic E-state index is -0.458. The number of halogens is 1. The molecule has 0 aliphatic carbocycles. The van der Waals surface area contributed by atoms with Gasteiger partial charge in [-0.25, -0.2) is 0 Å². The quantitative estimate of drug-likeness (QED) is 0.620. The van der Waals surface area contributed by atoms with Gasteiger partial charge in [-0.15, -0.1) is 0 Å². The van der Waals surface area contributed by atoms with Gasteiger partial charge in [0, 0.05) is 10.0 Å². The van der Waals surface area contributed by atoms with E-state index in [-0.39, 0.29) is 6.61 Å². The van der Waals surface area contributed by atoms with Crippen LogP contribution in [0.15, 0.2) is 53.0 Å². The molecule has 27 heavy (non-hydrogen) atoms. The van der Waals surface area contributed by atoms with E-state index in [1.165, 1.54) is 0 Å². The van der Waals surface area contributed by atoms with Crippen molar-refractivity contribution in [3.63, 3.8) is 0 Å². The third kappa shape index (κ3) is 7.70. The molecule has 144 valence electrons. The Morgan fingerprint density at radius 1 is 0.926 bits per heavy atom. The first-order valence-electron chi connectivity index (χ1n) is 8.64. The molecule has 2 N–H and O–H groups in total. The number of hydrogen-bond acceptors (Lipinski definition) is 4. The predicted octanol–water partition coefficient (Wildman–Crippen LogP) is 3.71. The lowest BCUT2D eigenvalue weighted by Gasteiger charge is -2.10. The molecule has 7 heteroatoms. The van der Waals surface area contributed by atoms with Crippen molar-refractivity contribution in [3.8, 4) is 11.5 Å². The Labute approximate surface area is 167 Å². The first kappa shape index (κ1) is 20.8. The van der Waals surface area contributed by atoms with E-state index in [4.69, 9.17) is 9.47 Å². The van der Waals surface area contributed by atoms with Crippen LogP contribution in [0, 0.1) is 5.92 Å². The number of hydrazine groups is 1. The third-order valence-electron chi connectivity index (χ3n) is 3.58. The minimum Gasteiger partial charge on any atom is -0.494 e. The fourth-order valence-electron chi connectivity index (χ4n) is 2.03. The summed E-state index contributed by atoms with van der Waals surface area (Å²) in [6.07, 6.45) is 0.969. The van der Waals surface area contributed by atoms with E-state index in [0.717, 1.165) is 10.9 Å². The average Bonchev–Trinajstić information content (AvgIpc) is 2.66. The summed E-state index contributed by atoms with van der Waals surface area (Å²) in [5.74, 6) is 0.971. The highest BCUT2D eigenvalue weighted by atomic mass is 79.9. The minimum absolute atomic E-state index is 0.204. The molecule has 0 aliphatic heterocycles. The third-order valence-corrected chi connectivity index (χ3v) is 4.11. The summed E-state index contributed by atoms with van der Waals surface area (Å²) in [6, 6.07) is 13.8. The zero-order valence-corrected chi connectivity index (χ0v) is 16.9. The molecule has 0 fully saturated rings. The van der Waals surface area contributed by atoms with Crippen LogP contribution in [-0.2, 0) is 4.79 Å². The Morgan fingerprint density at radius 2 is 1.52 bits per heavy atom. The summed E-state index contributed by atoms with van der Waals surface area (Å²) in [5, 5.41) is 0. The van der Waals surface area contributed by atoms with Crippen molar-refractivity contribution in [3.05, 3.63) is 58.6 Å². The first-order valence-corrected chi connectivity index (χ1v) is 9.44. The van der Waals surface area contributed by atoms with Crippen molar-refractivity contribution >= 4 is 27.7 Å². The zero-order chi connectivity index (χ0) is 19.6. The molecule has 0 aliphatic rings. The SMILES string of the molecule is CC(C)CCOc1ccc(C(=O)NNC(=O)COc2ccc(Br)cc2)cc1. The number of benzene rings is 2. The molecular weight excluding hydrogens is 412 g/mol. The molecule has 2 rings (SSSR count). The van der Waals surface area contributed by atoms with Gasteiger partial charge in [0.05, 0.1) is 6.61 Å². The normalized spacial score (nSPS) is 10.4. The van der Waals surface area contributed by atoms with Crippen LogP contribution in [0.4, 0.5) is 0 Å². The van der Waals surface area contributed by atoms with Crippen molar-refractivity contribution in [2.24, 2.45) is 5.92 Å². The second-order valence-corrected chi connectivity index (χ2v) is 7.22. The van der Waals surface area contributed by atoms with Gasteiger partial charge >= 0.3 is 0 Å². The van der Waals surface area contributed by atoms with Gasteiger partial charge in [-0.1, -0.05) is 29.8 Å². The second-order valence-electron chi connectivity index (χ2n) is 6.30.